The van der Waals surface area contributed by atoms with E-state index in [9.17, 15) is 26.4 Å². The van der Waals surface area contributed by atoms with Gasteiger partial charge in [-0.05, 0) is 49.7 Å². The van der Waals surface area contributed by atoms with Gasteiger partial charge in [0, 0.05) is 25.2 Å². The van der Waals surface area contributed by atoms with E-state index in [1.165, 1.54) is 0 Å². The van der Waals surface area contributed by atoms with Crippen molar-refractivity contribution in [3.63, 3.8) is 0 Å². The first-order valence-electron chi connectivity index (χ1n) is 10.1. The predicted molar refractivity (Wildman–Crippen MR) is 103 cm³/mol. The molecule has 29 heavy (non-hydrogen) atoms. The van der Waals surface area contributed by atoms with Crippen LogP contribution in [0, 0.1) is 23.4 Å². The van der Waals surface area contributed by atoms with Gasteiger partial charge in [0.15, 0.2) is 21.5 Å². The summed E-state index contributed by atoms with van der Waals surface area (Å²) in [7, 11) is -3.42. The zero-order chi connectivity index (χ0) is 21.2. The molecule has 2 aliphatic rings. The summed E-state index contributed by atoms with van der Waals surface area (Å²) in [5, 5.41) is -0.400. The van der Waals surface area contributed by atoms with Gasteiger partial charge in [-0.15, -0.1) is 0 Å². The Balaban J connectivity index is 1.52. The van der Waals surface area contributed by atoms with E-state index in [1.54, 1.807) is 4.90 Å². The van der Waals surface area contributed by atoms with E-state index in [4.69, 9.17) is 5.73 Å². The van der Waals surface area contributed by atoms with Gasteiger partial charge >= 0.3 is 0 Å². The van der Waals surface area contributed by atoms with Crippen molar-refractivity contribution < 1.29 is 26.4 Å². The molecule has 1 unspecified atom stereocenters. The van der Waals surface area contributed by atoms with Crippen LogP contribution < -0.4 is 5.73 Å². The molecule has 1 aromatic rings. The lowest BCUT2D eigenvalue weighted by Gasteiger charge is -2.35. The third-order valence-electron chi connectivity index (χ3n) is 6.18. The Morgan fingerprint density at radius 2 is 1.62 bits per heavy atom. The predicted octanol–water partition coefficient (Wildman–Crippen LogP) is 2.57. The van der Waals surface area contributed by atoms with Gasteiger partial charge in [0.05, 0.1) is 5.25 Å². The first kappa shape index (κ1) is 22.1. The Kier molecular flexibility index (Phi) is 6.88. The molecule has 162 valence electrons. The highest BCUT2D eigenvalue weighted by atomic mass is 32.2. The van der Waals surface area contributed by atoms with E-state index < -0.39 is 44.3 Å². The first-order valence-corrected chi connectivity index (χ1v) is 11.8. The molecular formula is C20H27F3N2O3S. The maximum absolute atomic E-state index is 13.8. The standard InChI is InChI=1S/C20H27F3N2O3S/c21-16-11-18(23)17(22)9-14(16)10-19(24)13-5-7-25(8-6-13)20(26)12-29(27,28)15-3-1-2-4-15/h9,11,13,15,19H,1-8,10,12,24H2. The number of benzene rings is 1. The number of carbonyl (C=O) groups excluding carboxylic acids is 1. The van der Waals surface area contributed by atoms with E-state index in [2.05, 4.69) is 0 Å². The molecule has 1 heterocycles. The van der Waals surface area contributed by atoms with Crippen LogP contribution in [0.1, 0.15) is 44.1 Å². The molecule has 1 atom stereocenters. The van der Waals surface area contributed by atoms with Crippen LogP contribution in [0.5, 0.6) is 0 Å². The van der Waals surface area contributed by atoms with E-state index >= 15 is 0 Å². The average Bonchev–Trinajstić information content (AvgIpc) is 3.21. The molecule has 1 aliphatic heterocycles. The van der Waals surface area contributed by atoms with Crippen molar-refractivity contribution in [2.24, 2.45) is 11.7 Å². The maximum Gasteiger partial charge on any atom is 0.237 e. The average molecular weight is 433 g/mol. The fraction of sp³-hybridized carbons (Fsp3) is 0.650. The lowest BCUT2D eigenvalue weighted by atomic mass is 9.86. The van der Waals surface area contributed by atoms with Crippen molar-refractivity contribution in [2.45, 2.75) is 56.2 Å². The van der Waals surface area contributed by atoms with Crippen molar-refractivity contribution in [3.05, 3.63) is 35.1 Å². The van der Waals surface area contributed by atoms with Gasteiger partial charge in [-0.2, -0.15) is 0 Å². The van der Waals surface area contributed by atoms with Crippen molar-refractivity contribution in [1.29, 1.82) is 0 Å². The summed E-state index contributed by atoms with van der Waals surface area (Å²) in [4.78, 5) is 14.0. The number of likely N-dealkylation sites (tertiary alicyclic amines) is 1. The van der Waals surface area contributed by atoms with E-state index in [0.29, 0.717) is 44.8 Å². The summed E-state index contributed by atoms with van der Waals surface area (Å²) in [6, 6.07) is 0.884. The molecule has 2 N–H and O–H groups in total. The van der Waals surface area contributed by atoms with Gasteiger partial charge in [-0.25, -0.2) is 21.6 Å². The number of piperidine rings is 1. The van der Waals surface area contributed by atoms with Crippen molar-refractivity contribution in [1.82, 2.24) is 4.90 Å². The molecular weight excluding hydrogens is 405 g/mol. The molecule has 1 saturated carbocycles. The van der Waals surface area contributed by atoms with E-state index in [-0.39, 0.29) is 23.8 Å². The fourth-order valence-electron chi connectivity index (χ4n) is 4.35. The quantitative estimate of drug-likeness (QED) is 0.701. The normalized spacial score (nSPS) is 20.2. The number of nitrogens with zero attached hydrogens (tertiary/aromatic N) is 1. The van der Waals surface area contributed by atoms with Gasteiger partial charge in [-0.1, -0.05) is 12.8 Å². The van der Waals surface area contributed by atoms with Crippen LogP contribution in [0.3, 0.4) is 0 Å². The van der Waals surface area contributed by atoms with Crippen LogP contribution in [0.25, 0.3) is 0 Å². The topological polar surface area (TPSA) is 80.5 Å². The molecule has 1 amide bonds. The zero-order valence-electron chi connectivity index (χ0n) is 16.2. The minimum atomic E-state index is -3.42. The lowest BCUT2D eigenvalue weighted by molar-refractivity contribution is -0.129. The summed E-state index contributed by atoms with van der Waals surface area (Å²) in [6.07, 6.45) is 4.22. The summed E-state index contributed by atoms with van der Waals surface area (Å²) < 4.78 is 65.0. The summed E-state index contributed by atoms with van der Waals surface area (Å²) in [6.45, 7) is 0.773. The maximum atomic E-state index is 13.8. The minimum Gasteiger partial charge on any atom is -0.342 e. The Bertz CT molecular complexity index is 849. The number of carbonyl (C=O) groups is 1. The van der Waals surface area contributed by atoms with E-state index in [1.807, 2.05) is 0 Å². The summed E-state index contributed by atoms with van der Waals surface area (Å²) in [5.41, 5.74) is 6.19. The summed E-state index contributed by atoms with van der Waals surface area (Å²) >= 11 is 0. The van der Waals surface area contributed by atoms with Crippen LogP contribution in [0.2, 0.25) is 0 Å². The number of hydrogen-bond donors (Lipinski definition) is 1. The molecule has 0 radical (unpaired) electrons. The Hall–Kier alpha value is -1.61. The minimum absolute atomic E-state index is 0.0157. The van der Waals surface area contributed by atoms with Gasteiger partial charge in [-0.3, -0.25) is 4.79 Å². The molecule has 5 nitrogen and oxygen atoms in total. The smallest absolute Gasteiger partial charge is 0.237 e. The molecule has 0 bridgehead atoms. The monoisotopic (exact) mass is 432 g/mol. The van der Waals surface area contributed by atoms with E-state index in [0.717, 1.165) is 18.9 Å². The molecule has 9 heteroatoms. The number of hydrogen-bond acceptors (Lipinski definition) is 4. The van der Waals surface area contributed by atoms with Crippen molar-refractivity contribution >= 4 is 15.7 Å². The SMILES string of the molecule is NC(Cc1cc(F)c(F)cc1F)C1CCN(C(=O)CS(=O)(=O)C2CCCC2)CC1. The third kappa shape index (κ3) is 5.31. The number of sulfone groups is 1. The lowest BCUT2D eigenvalue weighted by Crippen LogP contribution is -2.46. The highest BCUT2D eigenvalue weighted by molar-refractivity contribution is 7.92. The molecule has 1 aliphatic carbocycles. The zero-order valence-corrected chi connectivity index (χ0v) is 17.1. The Morgan fingerprint density at radius 1 is 1.03 bits per heavy atom. The summed E-state index contributed by atoms with van der Waals surface area (Å²) in [5.74, 6) is -4.02. The van der Waals surface area contributed by atoms with Gasteiger partial charge in [0.1, 0.15) is 11.6 Å². The molecule has 1 saturated heterocycles. The van der Waals surface area contributed by atoms with Crippen molar-refractivity contribution in [2.75, 3.05) is 18.8 Å². The van der Waals surface area contributed by atoms with Crippen LogP contribution in [0.4, 0.5) is 13.2 Å². The Labute approximate surface area is 169 Å². The molecule has 0 spiro atoms. The largest absolute Gasteiger partial charge is 0.342 e. The van der Waals surface area contributed by atoms with Gasteiger partial charge < -0.3 is 10.6 Å². The molecule has 1 aromatic carbocycles. The third-order valence-corrected chi connectivity index (χ3v) is 8.31. The number of rotatable bonds is 6. The first-order chi connectivity index (χ1) is 13.7. The number of nitrogens with two attached hydrogens (primary N) is 1. The van der Waals surface area contributed by atoms with Crippen LogP contribution >= 0.6 is 0 Å². The second-order valence-corrected chi connectivity index (χ2v) is 10.4. The highest BCUT2D eigenvalue weighted by Crippen LogP contribution is 2.27. The molecule has 0 aromatic heterocycles. The van der Waals surface area contributed by atoms with Gasteiger partial charge in [0.2, 0.25) is 5.91 Å². The fourth-order valence-corrected chi connectivity index (χ4v) is 6.16. The second kappa shape index (κ2) is 9.04. The van der Waals surface area contributed by atoms with Gasteiger partial charge in [0.25, 0.3) is 0 Å². The second-order valence-electron chi connectivity index (χ2n) is 8.16. The molecule has 2 fully saturated rings. The van der Waals surface area contributed by atoms with Crippen LogP contribution in [0.15, 0.2) is 12.1 Å². The number of amides is 1. The van der Waals surface area contributed by atoms with Crippen LogP contribution in [-0.4, -0.2) is 49.4 Å². The molecule has 3 rings (SSSR count). The highest BCUT2D eigenvalue weighted by Gasteiger charge is 2.34. The van der Waals surface area contributed by atoms with Crippen molar-refractivity contribution in [3.8, 4) is 0 Å². The Morgan fingerprint density at radius 3 is 2.24 bits per heavy atom. The van der Waals surface area contributed by atoms with Crippen LogP contribution in [-0.2, 0) is 21.1 Å². The number of halogens is 3.